The first-order chi connectivity index (χ1) is 14.6. The Morgan fingerprint density at radius 1 is 0.733 bits per heavy atom. The van der Waals surface area contributed by atoms with E-state index in [4.69, 9.17) is 0 Å². The van der Waals surface area contributed by atoms with Crippen LogP contribution in [0, 0.1) is 11.8 Å². The first-order valence-electron chi connectivity index (χ1n) is 9.32. The molecule has 0 saturated carbocycles. The second-order valence-electron chi connectivity index (χ2n) is 6.50. The second kappa shape index (κ2) is 8.64. The molecule has 0 aliphatic heterocycles. The molecule has 0 amide bonds. The summed E-state index contributed by atoms with van der Waals surface area (Å²) in [5.41, 5.74) is 3.25. The van der Waals surface area contributed by atoms with Gasteiger partial charge in [0, 0.05) is 29.1 Å². The maximum atomic E-state index is 13.3. The van der Waals surface area contributed by atoms with Gasteiger partial charge in [-0.25, -0.2) is 8.42 Å². The van der Waals surface area contributed by atoms with Crippen LogP contribution >= 0.6 is 0 Å². The molecule has 0 fully saturated rings. The van der Waals surface area contributed by atoms with Crippen molar-refractivity contribution in [3.05, 3.63) is 115 Å². The van der Waals surface area contributed by atoms with E-state index in [2.05, 4.69) is 21.5 Å². The number of hydrogen-bond acceptors (Lipinski definition) is 3. The first-order valence-corrected chi connectivity index (χ1v) is 10.8. The van der Waals surface area contributed by atoms with Crippen LogP contribution in [0.2, 0.25) is 0 Å². The van der Waals surface area contributed by atoms with Gasteiger partial charge in [-0.15, -0.1) is 0 Å². The van der Waals surface area contributed by atoms with Crippen LogP contribution < -0.4 is 4.72 Å². The second-order valence-corrected chi connectivity index (χ2v) is 8.16. The molecule has 1 heterocycles. The van der Waals surface area contributed by atoms with Gasteiger partial charge in [0.05, 0.1) is 10.6 Å². The third-order valence-electron chi connectivity index (χ3n) is 4.44. The largest absolute Gasteiger partial charge is 0.278 e. The Labute approximate surface area is 176 Å². The number of hydrogen-bond donors (Lipinski definition) is 1. The third kappa shape index (κ3) is 4.40. The molecule has 4 aromatic rings. The van der Waals surface area contributed by atoms with E-state index in [1.54, 1.807) is 54.9 Å². The standard InChI is InChI=1S/C25H18N2O2S/c28-30(29,25-15-7-5-13-23(25)21-10-2-1-3-11-21)27-24-14-6-4-12-22(24)17-16-20-9-8-18-26-19-20/h1-15,18-19,27H. The van der Waals surface area contributed by atoms with Crippen LogP contribution in [0.25, 0.3) is 11.1 Å². The SMILES string of the molecule is O=S(=O)(Nc1ccccc1C#Cc1cccnc1)c1ccccc1-c1ccccc1. The van der Waals surface area contributed by atoms with E-state index < -0.39 is 10.0 Å². The highest BCUT2D eigenvalue weighted by Gasteiger charge is 2.20. The highest BCUT2D eigenvalue weighted by atomic mass is 32.2. The lowest BCUT2D eigenvalue weighted by Gasteiger charge is -2.13. The van der Waals surface area contributed by atoms with E-state index >= 15 is 0 Å². The number of para-hydroxylation sites is 1. The van der Waals surface area contributed by atoms with Crippen LogP contribution in [0.4, 0.5) is 5.69 Å². The highest BCUT2D eigenvalue weighted by Crippen LogP contribution is 2.29. The fraction of sp³-hybridized carbons (Fsp3) is 0. The summed E-state index contributed by atoms with van der Waals surface area (Å²) in [7, 11) is -3.83. The first kappa shape index (κ1) is 19.4. The van der Waals surface area contributed by atoms with E-state index in [0.717, 1.165) is 11.1 Å². The van der Waals surface area contributed by atoms with Crippen LogP contribution in [0.15, 0.2) is 108 Å². The van der Waals surface area contributed by atoms with Gasteiger partial charge in [0.2, 0.25) is 0 Å². The molecule has 0 unspecified atom stereocenters. The van der Waals surface area contributed by atoms with Crippen LogP contribution in [0.3, 0.4) is 0 Å². The molecule has 1 N–H and O–H groups in total. The summed E-state index contributed by atoms with van der Waals surface area (Å²) < 4.78 is 29.2. The molecular formula is C25H18N2O2S. The van der Waals surface area contributed by atoms with Crippen molar-refractivity contribution in [1.82, 2.24) is 4.98 Å². The number of aromatic nitrogens is 1. The zero-order valence-electron chi connectivity index (χ0n) is 16.0. The number of pyridine rings is 1. The average Bonchev–Trinajstić information content (AvgIpc) is 2.79. The number of rotatable bonds is 4. The molecule has 0 radical (unpaired) electrons. The molecule has 0 spiro atoms. The van der Waals surface area contributed by atoms with Gasteiger partial charge in [-0.2, -0.15) is 0 Å². The van der Waals surface area contributed by atoms with Gasteiger partial charge in [-0.1, -0.05) is 72.5 Å². The minimum atomic E-state index is -3.83. The summed E-state index contributed by atoms with van der Waals surface area (Å²) in [6.07, 6.45) is 3.34. The number of sulfonamides is 1. The van der Waals surface area contributed by atoms with Gasteiger partial charge < -0.3 is 0 Å². The molecule has 1 aromatic heterocycles. The minimum absolute atomic E-state index is 0.214. The van der Waals surface area contributed by atoms with Gasteiger partial charge in [-0.05, 0) is 35.9 Å². The zero-order valence-corrected chi connectivity index (χ0v) is 16.8. The van der Waals surface area contributed by atoms with Gasteiger partial charge in [0.25, 0.3) is 10.0 Å². The van der Waals surface area contributed by atoms with Crippen LogP contribution in [-0.4, -0.2) is 13.4 Å². The fourth-order valence-corrected chi connectivity index (χ4v) is 4.32. The number of anilines is 1. The molecular weight excluding hydrogens is 392 g/mol. The lowest BCUT2D eigenvalue weighted by molar-refractivity contribution is 0.601. The van der Waals surface area contributed by atoms with E-state index in [-0.39, 0.29) is 4.90 Å². The molecule has 0 aliphatic rings. The summed E-state index contributed by atoms with van der Waals surface area (Å²) in [4.78, 5) is 4.26. The fourth-order valence-electron chi connectivity index (χ4n) is 3.01. The van der Waals surface area contributed by atoms with E-state index in [0.29, 0.717) is 16.8 Å². The van der Waals surface area contributed by atoms with Crippen LogP contribution in [0.5, 0.6) is 0 Å². The molecule has 0 aliphatic carbocycles. The van der Waals surface area contributed by atoms with Crippen molar-refractivity contribution >= 4 is 15.7 Å². The van der Waals surface area contributed by atoms with Gasteiger partial charge in [-0.3, -0.25) is 9.71 Å². The van der Waals surface area contributed by atoms with Gasteiger partial charge >= 0.3 is 0 Å². The number of nitrogens with zero attached hydrogens (tertiary/aromatic N) is 1. The molecule has 3 aromatic carbocycles. The molecule has 0 saturated heterocycles. The van der Waals surface area contributed by atoms with Crippen molar-refractivity contribution in [2.75, 3.05) is 4.72 Å². The predicted molar refractivity (Wildman–Crippen MR) is 119 cm³/mol. The zero-order chi connectivity index (χ0) is 20.8. The molecule has 0 bridgehead atoms. The molecule has 146 valence electrons. The Bertz CT molecular complexity index is 1320. The summed E-state index contributed by atoms with van der Waals surface area (Å²) in [6.45, 7) is 0. The van der Waals surface area contributed by atoms with Gasteiger partial charge in [0.1, 0.15) is 0 Å². The lowest BCUT2D eigenvalue weighted by atomic mass is 10.1. The predicted octanol–water partition coefficient (Wildman–Crippen LogP) is 4.95. The van der Waals surface area contributed by atoms with Crippen molar-refractivity contribution < 1.29 is 8.42 Å². The Balaban J connectivity index is 1.71. The van der Waals surface area contributed by atoms with Crippen molar-refractivity contribution in [3.63, 3.8) is 0 Å². The summed E-state index contributed by atoms with van der Waals surface area (Å²) in [6, 6.07) is 27.1. The Morgan fingerprint density at radius 3 is 2.27 bits per heavy atom. The topological polar surface area (TPSA) is 59.1 Å². The van der Waals surface area contributed by atoms with Crippen molar-refractivity contribution in [1.29, 1.82) is 0 Å². The number of benzene rings is 3. The van der Waals surface area contributed by atoms with E-state index in [9.17, 15) is 8.42 Å². The Kier molecular flexibility index (Phi) is 5.60. The van der Waals surface area contributed by atoms with Crippen LogP contribution in [0.1, 0.15) is 11.1 Å². The average molecular weight is 410 g/mol. The minimum Gasteiger partial charge on any atom is -0.278 e. The van der Waals surface area contributed by atoms with E-state index in [1.165, 1.54) is 0 Å². The molecule has 5 heteroatoms. The third-order valence-corrected chi connectivity index (χ3v) is 5.86. The Morgan fingerprint density at radius 2 is 1.47 bits per heavy atom. The quantitative estimate of drug-likeness (QED) is 0.484. The summed E-state index contributed by atoms with van der Waals surface area (Å²) in [5.74, 6) is 6.05. The number of nitrogens with one attached hydrogen (secondary N) is 1. The summed E-state index contributed by atoms with van der Waals surface area (Å²) in [5, 5.41) is 0. The molecule has 4 nitrogen and oxygen atoms in total. The molecule has 4 rings (SSSR count). The maximum absolute atomic E-state index is 13.3. The normalized spacial score (nSPS) is 10.7. The highest BCUT2D eigenvalue weighted by molar-refractivity contribution is 7.92. The summed E-state index contributed by atoms with van der Waals surface area (Å²) >= 11 is 0. The van der Waals surface area contributed by atoms with Crippen molar-refractivity contribution in [3.8, 4) is 23.0 Å². The molecule has 30 heavy (non-hydrogen) atoms. The van der Waals surface area contributed by atoms with Crippen molar-refractivity contribution in [2.45, 2.75) is 4.90 Å². The lowest BCUT2D eigenvalue weighted by Crippen LogP contribution is -2.15. The smallest absolute Gasteiger partial charge is 0.262 e. The van der Waals surface area contributed by atoms with Crippen LogP contribution in [-0.2, 0) is 10.0 Å². The van der Waals surface area contributed by atoms with Crippen molar-refractivity contribution in [2.24, 2.45) is 0 Å². The van der Waals surface area contributed by atoms with Gasteiger partial charge in [0.15, 0.2) is 0 Å². The maximum Gasteiger partial charge on any atom is 0.262 e. The molecule has 0 atom stereocenters. The van der Waals surface area contributed by atoms with E-state index in [1.807, 2.05) is 48.5 Å². The Hall–Kier alpha value is -3.88. The monoisotopic (exact) mass is 410 g/mol.